The van der Waals surface area contributed by atoms with E-state index in [4.69, 9.17) is 16.3 Å². The molecule has 2 aromatic carbocycles. The first kappa shape index (κ1) is 38.8. The van der Waals surface area contributed by atoms with Crippen molar-refractivity contribution in [2.24, 2.45) is 11.8 Å². The van der Waals surface area contributed by atoms with E-state index in [2.05, 4.69) is 0 Å². The van der Waals surface area contributed by atoms with Gasteiger partial charge >= 0.3 is 12.1 Å². The molecule has 1 fully saturated rings. The lowest BCUT2D eigenvalue weighted by atomic mass is 9.95. The normalized spacial score (nSPS) is 19.3. The maximum atomic E-state index is 15.0. The van der Waals surface area contributed by atoms with Crippen LogP contribution >= 0.6 is 11.6 Å². The predicted molar refractivity (Wildman–Crippen MR) is 162 cm³/mol. The van der Waals surface area contributed by atoms with Gasteiger partial charge in [-0.1, -0.05) is 49.7 Å². The number of aliphatic hydroxyl groups is 1. The summed E-state index contributed by atoms with van der Waals surface area (Å²) in [4.78, 5) is 52.7. The number of methoxy groups -OCH3 is 1. The van der Waals surface area contributed by atoms with Crippen molar-refractivity contribution in [3.05, 3.63) is 64.7 Å². The van der Waals surface area contributed by atoms with E-state index in [1.165, 1.54) is 51.3 Å². The molecule has 4 N–H and O–H groups in total. The number of ether oxygens (including phenoxy) is 1. The minimum Gasteiger partial charge on any atom is -0.497 e. The van der Waals surface area contributed by atoms with Crippen molar-refractivity contribution in [3.63, 3.8) is 0 Å². The number of hydrogen-bond acceptors (Lipinski definition) is 7. The lowest BCUT2D eigenvalue weighted by Crippen LogP contribution is -2.58. The molecular weight excluding hydrogens is 693 g/mol. The highest BCUT2D eigenvalue weighted by molar-refractivity contribution is 7.79. The Bertz CT molecular complexity index is 1530. The number of carbonyl (C=O) groups is 4. The molecule has 2 aromatic rings. The fourth-order valence-electron chi connectivity index (χ4n) is 5.34. The largest absolute Gasteiger partial charge is 0.497 e. The van der Waals surface area contributed by atoms with Gasteiger partial charge in [-0.15, -0.1) is 0 Å². The Balaban J connectivity index is 1.99. The zero-order valence-electron chi connectivity index (χ0n) is 25.7. The zero-order valence-corrected chi connectivity index (χ0v) is 27.2. The molecule has 3 amide bonds. The van der Waals surface area contributed by atoms with Gasteiger partial charge in [0.25, 0.3) is 11.7 Å². The van der Waals surface area contributed by atoms with Crippen molar-refractivity contribution in [2.75, 3.05) is 20.3 Å². The molecule has 3 rings (SSSR count). The zero-order chi connectivity index (χ0) is 36.1. The van der Waals surface area contributed by atoms with Crippen molar-refractivity contribution in [1.82, 2.24) is 15.5 Å². The molecule has 264 valence electrons. The molecule has 0 spiro atoms. The third-order valence-electron chi connectivity index (χ3n) is 7.79. The van der Waals surface area contributed by atoms with Crippen molar-refractivity contribution in [2.45, 2.75) is 55.7 Å². The number of rotatable bonds is 13. The van der Waals surface area contributed by atoms with Gasteiger partial charge in [0.15, 0.2) is 11.1 Å². The molecule has 1 aliphatic rings. The summed E-state index contributed by atoms with van der Waals surface area (Å²) >= 11 is 3.11. The highest BCUT2D eigenvalue weighted by Gasteiger charge is 2.50. The Labute approximate surface area is 279 Å². The molecule has 6 atom stereocenters. The topological polar surface area (TPSA) is 162 Å². The quantitative estimate of drug-likeness (QED) is 0.181. The SMILES string of the molecule is COc1ccc(C([C@@H]2C[C@@H](C(=O)N[C@H](C(=O)C(F)(F)F)C(C)C)N(C(=O)[C@H](CO)NC(=O)C(F)(F)c3cccc(Cl)c3)C2)S(=O)O)cc1. The molecule has 1 heterocycles. The van der Waals surface area contributed by atoms with Crippen molar-refractivity contribution < 1.29 is 59.7 Å². The summed E-state index contributed by atoms with van der Waals surface area (Å²) in [6, 6.07) is 4.10. The number of nitrogens with one attached hydrogen (secondary N) is 2. The van der Waals surface area contributed by atoms with Crippen LogP contribution in [0.1, 0.15) is 36.6 Å². The minimum absolute atomic E-state index is 0.122. The average molecular weight is 726 g/mol. The van der Waals surface area contributed by atoms with Crippen molar-refractivity contribution in [1.29, 1.82) is 0 Å². The van der Waals surface area contributed by atoms with E-state index in [0.29, 0.717) is 10.6 Å². The second kappa shape index (κ2) is 15.7. The number of carbonyl (C=O) groups excluding carboxylic acids is 4. The molecule has 0 radical (unpaired) electrons. The molecule has 0 aliphatic carbocycles. The highest BCUT2D eigenvalue weighted by Crippen LogP contribution is 2.38. The van der Waals surface area contributed by atoms with E-state index in [-0.39, 0.29) is 10.6 Å². The van der Waals surface area contributed by atoms with E-state index in [1.54, 1.807) is 5.32 Å². The summed E-state index contributed by atoms with van der Waals surface area (Å²) in [5.41, 5.74) is -0.576. The summed E-state index contributed by atoms with van der Waals surface area (Å²) in [5, 5.41) is 12.3. The number of benzene rings is 2. The second-order valence-electron chi connectivity index (χ2n) is 11.4. The maximum Gasteiger partial charge on any atom is 0.452 e. The van der Waals surface area contributed by atoms with Crippen LogP contribution < -0.4 is 15.4 Å². The predicted octanol–water partition coefficient (Wildman–Crippen LogP) is 3.37. The van der Waals surface area contributed by atoms with Gasteiger partial charge in [0, 0.05) is 17.1 Å². The Kier molecular flexibility index (Phi) is 12.7. The molecule has 0 saturated carbocycles. The van der Waals surface area contributed by atoms with Crippen LogP contribution in [0.3, 0.4) is 0 Å². The number of alkyl halides is 5. The number of ketones is 1. The van der Waals surface area contributed by atoms with Crippen LogP contribution in [0.25, 0.3) is 0 Å². The van der Waals surface area contributed by atoms with Crippen LogP contribution in [-0.2, 0) is 36.2 Å². The third kappa shape index (κ3) is 8.86. The Morgan fingerprint density at radius 3 is 2.19 bits per heavy atom. The number of likely N-dealkylation sites (tertiary alicyclic amines) is 1. The van der Waals surface area contributed by atoms with Gasteiger partial charge in [-0.05, 0) is 48.1 Å². The maximum absolute atomic E-state index is 15.0. The van der Waals surface area contributed by atoms with E-state index in [1.807, 2.05) is 5.32 Å². The van der Waals surface area contributed by atoms with Crippen LogP contribution in [0.4, 0.5) is 22.0 Å². The van der Waals surface area contributed by atoms with Gasteiger partial charge in [0.05, 0.1) is 25.0 Å². The van der Waals surface area contributed by atoms with E-state index < -0.39 is 107 Å². The van der Waals surface area contributed by atoms with Gasteiger partial charge in [-0.2, -0.15) is 22.0 Å². The summed E-state index contributed by atoms with van der Waals surface area (Å²) < 4.78 is 98.0. The monoisotopic (exact) mass is 725 g/mol. The van der Waals surface area contributed by atoms with Crippen LogP contribution in [0.2, 0.25) is 5.02 Å². The molecule has 18 heteroatoms. The number of amides is 3. The molecule has 0 bridgehead atoms. The summed E-state index contributed by atoms with van der Waals surface area (Å²) in [6.45, 7) is 0.694. The summed E-state index contributed by atoms with van der Waals surface area (Å²) in [6.07, 6.45) is -5.76. The standard InChI is InChI=1S/C30H33ClF5N3O8S/c1-15(2)23(25(41)30(34,35)36)38-26(42)22-11-17(24(48(45)46)16-7-9-20(47-3)10-8-16)13-39(22)27(43)21(14-40)37-28(44)29(32,33)18-5-4-6-19(31)12-18/h4-10,12,15,17,21-24,40H,11,13-14H2,1-3H3,(H,37,44)(H,38,42)(H,45,46)/t17-,21+,22+,23+,24?/m1/s1. The number of hydrogen-bond donors (Lipinski definition) is 4. The fourth-order valence-corrected chi connectivity index (χ4v) is 6.44. The second-order valence-corrected chi connectivity index (χ2v) is 12.9. The molecule has 2 unspecified atom stereocenters. The third-order valence-corrected chi connectivity index (χ3v) is 9.12. The first-order valence-electron chi connectivity index (χ1n) is 14.3. The van der Waals surface area contributed by atoms with Crippen LogP contribution in [0.5, 0.6) is 5.75 Å². The van der Waals surface area contributed by atoms with Gasteiger partial charge in [0.2, 0.25) is 11.8 Å². The first-order valence-corrected chi connectivity index (χ1v) is 15.9. The number of nitrogens with zero attached hydrogens (tertiary/aromatic N) is 1. The van der Waals surface area contributed by atoms with Gasteiger partial charge < -0.3 is 29.9 Å². The van der Waals surface area contributed by atoms with E-state index in [9.17, 15) is 46.2 Å². The first-order chi connectivity index (χ1) is 22.3. The lowest BCUT2D eigenvalue weighted by molar-refractivity contribution is -0.175. The van der Waals surface area contributed by atoms with Crippen LogP contribution in [0.15, 0.2) is 48.5 Å². The molecule has 1 aliphatic heterocycles. The average Bonchev–Trinajstić information content (AvgIpc) is 3.46. The summed E-state index contributed by atoms with van der Waals surface area (Å²) in [7, 11) is 1.38. The van der Waals surface area contributed by atoms with E-state index >= 15 is 8.78 Å². The smallest absolute Gasteiger partial charge is 0.452 e. The number of halogens is 6. The highest BCUT2D eigenvalue weighted by atomic mass is 35.5. The number of Topliss-reactive ketones (excluding diaryl/α,β-unsaturated/α-hetero) is 1. The molecular formula is C30H33ClF5N3O8S. The molecule has 1 saturated heterocycles. The van der Waals surface area contributed by atoms with Gasteiger partial charge in [-0.3, -0.25) is 19.2 Å². The van der Waals surface area contributed by atoms with Gasteiger partial charge in [0.1, 0.15) is 17.8 Å². The Hall–Kier alpha value is -3.67. The van der Waals surface area contributed by atoms with Crippen LogP contribution in [-0.4, -0.2) is 86.8 Å². The summed E-state index contributed by atoms with van der Waals surface area (Å²) in [5.74, 6) is -12.8. The number of aliphatic hydroxyl groups excluding tert-OH is 1. The minimum atomic E-state index is -5.33. The Morgan fingerprint density at radius 1 is 1.06 bits per heavy atom. The van der Waals surface area contributed by atoms with Crippen molar-refractivity contribution in [3.8, 4) is 5.75 Å². The Morgan fingerprint density at radius 2 is 1.69 bits per heavy atom. The molecule has 48 heavy (non-hydrogen) atoms. The van der Waals surface area contributed by atoms with Crippen molar-refractivity contribution >= 4 is 46.2 Å². The molecule has 11 nitrogen and oxygen atoms in total. The van der Waals surface area contributed by atoms with Gasteiger partial charge in [-0.25, -0.2) is 4.21 Å². The van der Waals surface area contributed by atoms with Crippen LogP contribution in [0, 0.1) is 11.8 Å². The molecule has 0 aromatic heterocycles. The fraction of sp³-hybridized carbons (Fsp3) is 0.467. The van der Waals surface area contributed by atoms with E-state index in [0.717, 1.165) is 18.2 Å². The lowest BCUT2D eigenvalue weighted by Gasteiger charge is -2.30.